The van der Waals surface area contributed by atoms with E-state index in [0.29, 0.717) is 30.7 Å². The van der Waals surface area contributed by atoms with Crippen LogP contribution in [-0.4, -0.2) is 57.0 Å². The van der Waals surface area contributed by atoms with E-state index in [-0.39, 0.29) is 24.8 Å². The Bertz CT molecular complexity index is 1140. The van der Waals surface area contributed by atoms with E-state index in [1.54, 1.807) is 7.11 Å². The summed E-state index contributed by atoms with van der Waals surface area (Å²) in [5.41, 5.74) is 1.26. The van der Waals surface area contributed by atoms with Crippen LogP contribution in [0.5, 0.6) is 5.75 Å². The molecular formula is C24H31N7O3. The molecule has 0 saturated carbocycles. The molecule has 1 aromatic carbocycles. The van der Waals surface area contributed by atoms with Crippen LogP contribution in [0.3, 0.4) is 0 Å². The van der Waals surface area contributed by atoms with Crippen molar-refractivity contribution in [3.63, 3.8) is 0 Å². The summed E-state index contributed by atoms with van der Waals surface area (Å²) in [5.74, 6) is 2.27. The number of nitrogens with zero attached hydrogens (tertiary/aromatic N) is 4. The van der Waals surface area contributed by atoms with Crippen molar-refractivity contribution in [3.05, 3.63) is 53.3 Å². The van der Waals surface area contributed by atoms with Gasteiger partial charge in [-0.1, -0.05) is 12.1 Å². The van der Waals surface area contributed by atoms with E-state index in [0.717, 1.165) is 22.7 Å². The minimum atomic E-state index is -1.44. The lowest BCUT2D eigenvalue weighted by Gasteiger charge is -2.37. The van der Waals surface area contributed by atoms with Crippen molar-refractivity contribution in [3.8, 4) is 5.75 Å². The number of hydrogen-bond acceptors (Lipinski definition) is 8. The molecule has 3 aromatic rings. The van der Waals surface area contributed by atoms with Gasteiger partial charge < -0.3 is 25.4 Å². The van der Waals surface area contributed by atoms with Crippen molar-refractivity contribution in [1.29, 1.82) is 0 Å². The van der Waals surface area contributed by atoms with Gasteiger partial charge in [0.05, 0.1) is 13.2 Å². The molecular weight excluding hydrogens is 434 g/mol. The molecule has 10 nitrogen and oxygen atoms in total. The average Bonchev–Trinajstić information content (AvgIpc) is 3.23. The highest BCUT2D eigenvalue weighted by molar-refractivity contribution is 5.85. The predicted octanol–water partition coefficient (Wildman–Crippen LogP) is 2.78. The number of aliphatic hydroxyl groups is 1. The van der Waals surface area contributed by atoms with Crippen LogP contribution in [0.4, 0.5) is 17.6 Å². The molecule has 0 bridgehead atoms. The number of aromatic nitrogens is 4. The van der Waals surface area contributed by atoms with Gasteiger partial charge >= 0.3 is 0 Å². The molecule has 0 radical (unpaired) electrons. The Hall–Kier alpha value is -3.66. The molecule has 180 valence electrons. The summed E-state index contributed by atoms with van der Waals surface area (Å²) in [6.07, 6.45) is 0.569. The summed E-state index contributed by atoms with van der Waals surface area (Å²) in [4.78, 5) is 24.1. The number of aromatic amines is 1. The molecule has 1 amide bonds. The largest absolute Gasteiger partial charge is 0.497 e. The zero-order valence-corrected chi connectivity index (χ0v) is 19.9. The van der Waals surface area contributed by atoms with Crippen LogP contribution in [0.2, 0.25) is 0 Å². The van der Waals surface area contributed by atoms with Crippen molar-refractivity contribution in [2.75, 3.05) is 30.4 Å². The molecule has 1 aliphatic heterocycles. The molecule has 1 aliphatic rings. The van der Waals surface area contributed by atoms with Gasteiger partial charge in [-0.2, -0.15) is 10.1 Å². The van der Waals surface area contributed by atoms with Crippen molar-refractivity contribution < 1.29 is 14.6 Å². The number of anilines is 3. The number of piperidine rings is 1. The number of ether oxygens (including phenoxy) is 1. The number of H-pyrrole nitrogens is 1. The van der Waals surface area contributed by atoms with Crippen molar-refractivity contribution in [2.24, 2.45) is 0 Å². The first-order valence-corrected chi connectivity index (χ1v) is 11.3. The number of benzene rings is 1. The van der Waals surface area contributed by atoms with Crippen LogP contribution in [0.25, 0.3) is 0 Å². The zero-order valence-electron chi connectivity index (χ0n) is 19.9. The summed E-state index contributed by atoms with van der Waals surface area (Å²) in [6, 6.07) is 11.0. The lowest BCUT2D eigenvalue weighted by molar-refractivity contribution is -0.142. The molecule has 4 N–H and O–H groups in total. The Morgan fingerprint density at radius 1 is 1.15 bits per heavy atom. The maximum Gasteiger partial charge on any atom is 0.252 e. The van der Waals surface area contributed by atoms with Gasteiger partial charge in [-0.15, -0.1) is 0 Å². The number of carbonyl (C=O) groups is 1. The lowest BCUT2D eigenvalue weighted by Crippen LogP contribution is -2.54. The number of hydrogen-bond donors (Lipinski definition) is 4. The van der Waals surface area contributed by atoms with Crippen LogP contribution in [0.15, 0.2) is 36.4 Å². The van der Waals surface area contributed by atoms with E-state index in [1.807, 2.05) is 62.1 Å². The van der Waals surface area contributed by atoms with Crippen molar-refractivity contribution in [1.82, 2.24) is 25.5 Å². The maximum absolute atomic E-state index is 12.9. The van der Waals surface area contributed by atoms with Crippen molar-refractivity contribution in [2.45, 2.75) is 45.3 Å². The summed E-state index contributed by atoms with van der Waals surface area (Å²) >= 11 is 0. The number of aryl methyl sites for hydroxylation is 2. The molecule has 10 heteroatoms. The van der Waals surface area contributed by atoms with Gasteiger partial charge in [0.15, 0.2) is 5.82 Å². The quantitative estimate of drug-likeness (QED) is 0.419. The first-order chi connectivity index (χ1) is 16.3. The third-order valence-corrected chi connectivity index (χ3v) is 6.06. The Morgan fingerprint density at radius 2 is 1.85 bits per heavy atom. The average molecular weight is 466 g/mol. The molecule has 34 heavy (non-hydrogen) atoms. The minimum absolute atomic E-state index is 0.236. The third kappa shape index (κ3) is 5.28. The van der Waals surface area contributed by atoms with Crippen LogP contribution in [0, 0.1) is 13.8 Å². The molecule has 0 unspecified atom stereocenters. The lowest BCUT2D eigenvalue weighted by atomic mass is 9.90. The zero-order chi connectivity index (χ0) is 24.3. The van der Waals surface area contributed by atoms with Gasteiger partial charge in [-0.3, -0.25) is 9.89 Å². The van der Waals surface area contributed by atoms with E-state index in [9.17, 15) is 9.90 Å². The SMILES string of the molecule is COc1ccc([C@H](C)NC(=O)C2(O)CCN(c3nc(C)cc(Nc4cc(C)[nH]n4)n3)CC2)cc1. The van der Waals surface area contributed by atoms with E-state index >= 15 is 0 Å². The van der Waals surface area contributed by atoms with Gasteiger partial charge in [0.1, 0.15) is 17.2 Å². The Labute approximate surface area is 198 Å². The van der Waals surface area contributed by atoms with E-state index in [4.69, 9.17) is 4.74 Å². The molecule has 3 heterocycles. The van der Waals surface area contributed by atoms with Gasteiger partial charge in [0, 0.05) is 49.5 Å². The summed E-state index contributed by atoms with van der Waals surface area (Å²) in [6.45, 7) is 6.66. The molecule has 0 spiro atoms. The van der Waals surface area contributed by atoms with Crippen LogP contribution < -0.4 is 20.3 Å². The number of rotatable bonds is 7. The van der Waals surface area contributed by atoms with Gasteiger partial charge in [0.25, 0.3) is 5.91 Å². The molecule has 2 aromatic heterocycles. The summed E-state index contributed by atoms with van der Waals surface area (Å²) in [5, 5.41) is 24.3. The molecule has 1 atom stereocenters. The highest BCUT2D eigenvalue weighted by atomic mass is 16.5. The van der Waals surface area contributed by atoms with Crippen LogP contribution in [-0.2, 0) is 4.79 Å². The fraction of sp³-hybridized carbons (Fsp3) is 0.417. The topological polar surface area (TPSA) is 128 Å². The first-order valence-electron chi connectivity index (χ1n) is 11.3. The number of carbonyl (C=O) groups excluding carboxylic acids is 1. The highest BCUT2D eigenvalue weighted by Gasteiger charge is 2.40. The standard InChI is InChI=1S/C24H31N7O3/c1-15-13-20(27-21-14-16(2)29-30-21)28-23(25-15)31-11-9-24(33,10-12-31)22(32)26-17(3)18-5-7-19(34-4)8-6-18/h5-8,13-14,17,33H,9-12H2,1-4H3,(H,26,32)(H2,25,27,28,29,30)/t17-/m0/s1. The first kappa shape index (κ1) is 23.5. The predicted molar refractivity (Wildman–Crippen MR) is 129 cm³/mol. The number of nitrogens with one attached hydrogen (secondary N) is 3. The van der Waals surface area contributed by atoms with Crippen molar-refractivity contribution >= 4 is 23.5 Å². The molecule has 0 aliphatic carbocycles. The second kappa shape index (κ2) is 9.68. The number of methoxy groups -OCH3 is 1. The third-order valence-electron chi connectivity index (χ3n) is 6.06. The maximum atomic E-state index is 12.9. The summed E-state index contributed by atoms with van der Waals surface area (Å²) < 4.78 is 5.18. The smallest absolute Gasteiger partial charge is 0.252 e. The Kier molecular flexibility index (Phi) is 6.69. The van der Waals surface area contributed by atoms with Crippen LogP contribution in [0.1, 0.15) is 42.8 Å². The summed E-state index contributed by atoms with van der Waals surface area (Å²) in [7, 11) is 1.61. The minimum Gasteiger partial charge on any atom is -0.497 e. The van der Waals surface area contributed by atoms with Gasteiger partial charge in [-0.25, -0.2) is 4.98 Å². The second-order valence-corrected chi connectivity index (χ2v) is 8.74. The second-order valence-electron chi connectivity index (χ2n) is 8.74. The normalized spacial score (nSPS) is 16.1. The van der Waals surface area contributed by atoms with E-state index in [2.05, 4.69) is 30.8 Å². The van der Waals surface area contributed by atoms with Gasteiger partial charge in [0.2, 0.25) is 5.95 Å². The van der Waals surface area contributed by atoms with E-state index in [1.165, 1.54) is 0 Å². The van der Waals surface area contributed by atoms with Gasteiger partial charge in [-0.05, 0) is 38.5 Å². The fourth-order valence-electron chi connectivity index (χ4n) is 3.98. The molecule has 1 saturated heterocycles. The molecule has 4 rings (SSSR count). The number of amides is 1. The Morgan fingerprint density at radius 3 is 2.47 bits per heavy atom. The van der Waals surface area contributed by atoms with Crippen LogP contribution >= 0.6 is 0 Å². The molecule has 1 fully saturated rings. The van der Waals surface area contributed by atoms with E-state index < -0.39 is 5.60 Å². The highest BCUT2D eigenvalue weighted by Crippen LogP contribution is 2.27. The monoisotopic (exact) mass is 465 g/mol. The fourth-order valence-corrected chi connectivity index (χ4v) is 3.98. The Balaban J connectivity index is 1.38.